The van der Waals surface area contributed by atoms with Crippen molar-refractivity contribution in [3.05, 3.63) is 0 Å². The number of alkyl halides is 1. The van der Waals surface area contributed by atoms with Crippen molar-refractivity contribution >= 4 is 7.60 Å². The third-order valence-corrected chi connectivity index (χ3v) is 3.61. The predicted molar refractivity (Wildman–Crippen MR) is 54.7 cm³/mol. The molecule has 0 aromatic heterocycles. The van der Waals surface area contributed by atoms with Crippen LogP contribution in [0.4, 0.5) is 4.39 Å². The number of ether oxygens (including phenoxy) is 1. The Kier molecular flexibility index (Phi) is 4.29. The minimum absolute atomic E-state index is 0.0479. The monoisotopic (exact) mass is 240 g/mol. The SMILES string of the molecule is CC1[C@H](CF)O[C@H](COP(C)(=O)O)[C@@H]1C. The molecular formula is C9H18FO4P. The third-order valence-electron chi connectivity index (χ3n) is 2.98. The Morgan fingerprint density at radius 2 is 1.93 bits per heavy atom. The molecule has 1 heterocycles. The number of hydrogen-bond acceptors (Lipinski definition) is 3. The van der Waals surface area contributed by atoms with E-state index in [9.17, 15) is 8.96 Å². The van der Waals surface area contributed by atoms with Crippen LogP contribution in [0.5, 0.6) is 0 Å². The van der Waals surface area contributed by atoms with Gasteiger partial charge in [-0.05, 0) is 11.8 Å². The van der Waals surface area contributed by atoms with Gasteiger partial charge in [0.05, 0.1) is 18.8 Å². The second-order valence-corrected chi connectivity index (χ2v) is 6.05. The van der Waals surface area contributed by atoms with E-state index in [0.717, 1.165) is 6.66 Å². The maximum atomic E-state index is 12.5. The van der Waals surface area contributed by atoms with Crippen LogP contribution in [0.3, 0.4) is 0 Å². The van der Waals surface area contributed by atoms with E-state index >= 15 is 0 Å². The van der Waals surface area contributed by atoms with Crippen LogP contribution in [0.1, 0.15) is 13.8 Å². The number of rotatable bonds is 4. The van der Waals surface area contributed by atoms with Gasteiger partial charge in [-0.15, -0.1) is 0 Å². The number of halogens is 1. The average Bonchev–Trinajstić information content (AvgIpc) is 2.40. The van der Waals surface area contributed by atoms with Gasteiger partial charge in [-0.25, -0.2) is 4.39 Å². The zero-order valence-corrected chi connectivity index (χ0v) is 10.1. The van der Waals surface area contributed by atoms with Crippen molar-refractivity contribution in [2.24, 2.45) is 11.8 Å². The molecule has 0 amide bonds. The summed E-state index contributed by atoms with van der Waals surface area (Å²) in [5.74, 6) is 0.246. The van der Waals surface area contributed by atoms with Crippen molar-refractivity contribution in [1.82, 2.24) is 0 Å². The molecule has 0 bridgehead atoms. The lowest BCUT2D eigenvalue weighted by atomic mass is 9.91. The van der Waals surface area contributed by atoms with Crippen LogP contribution in [0.25, 0.3) is 0 Å². The summed E-state index contributed by atoms with van der Waals surface area (Å²) in [5, 5.41) is 0. The van der Waals surface area contributed by atoms with Crippen molar-refractivity contribution in [3.8, 4) is 0 Å². The molecule has 1 N–H and O–H groups in total. The molecule has 0 saturated carbocycles. The highest BCUT2D eigenvalue weighted by Gasteiger charge is 2.39. The zero-order chi connectivity index (χ0) is 11.6. The normalized spacial score (nSPS) is 40.3. The lowest BCUT2D eigenvalue weighted by Gasteiger charge is -2.16. The van der Waals surface area contributed by atoms with Crippen molar-refractivity contribution < 1.29 is 23.1 Å². The number of hydrogen-bond donors (Lipinski definition) is 1. The Hall–Kier alpha value is 0.0400. The van der Waals surface area contributed by atoms with Crippen molar-refractivity contribution in [2.75, 3.05) is 19.9 Å². The van der Waals surface area contributed by atoms with Crippen molar-refractivity contribution in [2.45, 2.75) is 26.1 Å². The summed E-state index contributed by atoms with van der Waals surface area (Å²) < 4.78 is 33.6. The molecule has 0 aromatic rings. The standard InChI is InChI=1S/C9H18FO4P/c1-6-7(2)9(14-8(6)4-10)5-13-15(3,11)12/h6-9H,4-5H2,1-3H3,(H,11,12)/t6?,7-,8+,9-/m1/s1. The van der Waals surface area contributed by atoms with E-state index in [4.69, 9.17) is 14.2 Å². The van der Waals surface area contributed by atoms with Crippen LogP contribution in [0.15, 0.2) is 0 Å². The van der Waals surface area contributed by atoms with Gasteiger partial charge < -0.3 is 14.2 Å². The smallest absolute Gasteiger partial charge is 0.325 e. The molecule has 15 heavy (non-hydrogen) atoms. The van der Waals surface area contributed by atoms with E-state index in [1.807, 2.05) is 13.8 Å². The fourth-order valence-electron chi connectivity index (χ4n) is 1.73. The summed E-state index contributed by atoms with van der Waals surface area (Å²) in [4.78, 5) is 8.96. The minimum Gasteiger partial charge on any atom is -0.369 e. The summed E-state index contributed by atoms with van der Waals surface area (Å²) in [6.45, 7) is 4.51. The first-order valence-electron chi connectivity index (χ1n) is 5.01. The van der Waals surface area contributed by atoms with Crippen LogP contribution in [0.2, 0.25) is 0 Å². The van der Waals surface area contributed by atoms with Gasteiger partial charge in [0, 0.05) is 6.66 Å². The highest BCUT2D eigenvalue weighted by atomic mass is 31.2. The fourth-order valence-corrected chi connectivity index (χ4v) is 2.15. The Labute approximate surface area is 89.3 Å². The molecule has 1 fully saturated rings. The molecule has 6 heteroatoms. The maximum absolute atomic E-state index is 12.5. The predicted octanol–water partition coefficient (Wildman–Crippen LogP) is 1.83. The topological polar surface area (TPSA) is 55.8 Å². The largest absolute Gasteiger partial charge is 0.369 e. The van der Waals surface area contributed by atoms with Crippen molar-refractivity contribution in [1.29, 1.82) is 0 Å². The molecule has 5 atom stereocenters. The molecule has 0 spiro atoms. The highest BCUT2D eigenvalue weighted by molar-refractivity contribution is 7.51. The van der Waals surface area contributed by atoms with Gasteiger partial charge in [0.2, 0.25) is 0 Å². The summed E-state index contributed by atoms with van der Waals surface area (Å²) in [6.07, 6.45) is -0.704. The first-order chi connectivity index (χ1) is 6.85. The molecule has 4 nitrogen and oxygen atoms in total. The van der Waals surface area contributed by atoms with Gasteiger partial charge in [-0.1, -0.05) is 13.8 Å². The van der Waals surface area contributed by atoms with Crippen LogP contribution >= 0.6 is 7.60 Å². The van der Waals surface area contributed by atoms with E-state index in [0.29, 0.717) is 0 Å². The minimum atomic E-state index is -3.47. The van der Waals surface area contributed by atoms with Gasteiger partial charge in [-0.3, -0.25) is 4.57 Å². The highest BCUT2D eigenvalue weighted by Crippen LogP contribution is 2.39. The summed E-state index contributed by atoms with van der Waals surface area (Å²) in [7, 11) is -3.47. The summed E-state index contributed by atoms with van der Waals surface area (Å²) in [6, 6.07) is 0. The molecule has 1 aliphatic heterocycles. The first-order valence-corrected chi connectivity index (χ1v) is 7.04. The first kappa shape index (κ1) is 13.1. The van der Waals surface area contributed by atoms with Crippen molar-refractivity contribution in [3.63, 3.8) is 0 Å². The zero-order valence-electron chi connectivity index (χ0n) is 9.22. The molecule has 1 rings (SSSR count). The average molecular weight is 240 g/mol. The van der Waals surface area contributed by atoms with Gasteiger partial charge in [0.15, 0.2) is 0 Å². The van der Waals surface area contributed by atoms with E-state index in [1.165, 1.54) is 0 Å². The van der Waals surface area contributed by atoms with Crippen LogP contribution < -0.4 is 0 Å². The Bertz CT molecular complexity index is 254. The van der Waals surface area contributed by atoms with Gasteiger partial charge in [-0.2, -0.15) is 0 Å². The Balaban J connectivity index is 2.47. The van der Waals surface area contributed by atoms with E-state index in [2.05, 4.69) is 0 Å². The second kappa shape index (κ2) is 4.91. The van der Waals surface area contributed by atoms with Gasteiger partial charge >= 0.3 is 7.60 Å². The van der Waals surface area contributed by atoms with Gasteiger partial charge in [0.25, 0.3) is 0 Å². The van der Waals surface area contributed by atoms with Gasteiger partial charge in [0.1, 0.15) is 6.67 Å². The maximum Gasteiger partial charge on any atom is 0.325 e. The second-order valence-electron chi connectivity index (χ2n) is 4.18. The molecule has 0 aromatic carbocycles. The van der Waals surface area contributed by atoms with E-state index < -0.39 is 20.4 Å². The quantitative estimate of drug-likeness (QED) is 0.761. The summed E-state index contributed by atoms with van der Waals surface area (Å²) >= 11 is 0. The lowest BCUT2D eigenvalue weighted by Crippen LogP contribution is -2.21. The Morgan fingerprint density at radius 3 is 2.33 bits per heavy atom. The molecular weight excluding hydrogens is 222 g/mol. The molecule has 0 radical (unpaired) electrons. The fraction of sp³-hybridized carbons (Fsp3) is 1.00. The third kappa shape index (κ3) is 3.52. The molecule has 90 valence electrons. The van der Waals surface area contributed by atoms with E-state index in [-0.39, 0.29) is 24.5 Å². The Morgan fingerprint density at radius 1 is 1.40 bits per heavy atom. The van der Waals surface area contributed by atoms with E-state index in [1.54, 1.807) is 0 Å². The lowest BCUT2D eigenvalue weighted by molar-refractivity contribution is -0.00645. The van der Waals surface area contributed by atoms with Crippen LogP contribution in [-0.2, 0) is 13.8 Å². The molecule has 1 aliphatic rings. The van der Waals surface area contributed by atoms with Crippen LogP contribution in [-0.4, -0.2) is 37.0 Å². The summed E-state index contributed by atoms with van der Waals surface area (Å²) in [5.41, 5.74) is 0. The van der Waals surface area contributed by atoms with Crippen LogP contribution in [0, 0.1) is 11.8 Å². The molecule has 0 aliphatic carbocycles. The molecule has 2 unspecified atom stereocenters. The molecule has 1 saturated heterocycles.